The lowest BCUT2D eigenvalue weighted by atomic mass is 9.91. The zero-order valence-corrected chi connectivity index (χ0v) is 9.76. The van der Waals surface area contributed by atoms with Crippen LogP contribution in [-0.4, -0.2) is 49.9 Å². The number of carbonyl (C=O) groups is 4. The predicted molar refractivity (Wildman–Crippen MR) is 53.4 cm³/mol. The summed E-state index contributed by atoms with van der Waals surface area (Å²) in [7, 11) is 3.50. The molecule has 7 heteroatoms. The molecule has 0 aliphatic carbocycles. The predicted octanol–water partition coefficient (Wildman–Crippen LogP) is -1.05. The maximum atomic E-state index is 11.7. The van der Waals surface area contributed by atoms with Gasteiger partial charge in [0, 0.05) is 13.5 Å². The van der Waals surface area contributed by atoms with Crippen LogP contribution in [0.1, 0.15) is 6.42 Å². The van der Waals surface area contributed by atoms with Crippen molar-refractivity contribution in [1.82, 2.24) is 4.90 Å². The monoisotopic (exact) mass is 243 g/mol. The Kier molecular flexibility index (Phi) is 3.82. The highest BCUT2D eigenvalue weighted by Crippen LogP contribution is 2.27. The summed E-state index contributed by atoms with van der Waals surface area (Å²) >= 11 is 0. The van der Waals surface area contributed by atoms with Gasteiger partial charge < -0.3 is 9.47 Å². The number of hydrogen-bond acceptors (Lipinski definition) is 6. The van der Waals surface area contributed by atoms with Gasteiger partial charge in [-0.05, 0) is 0 Å². The zero-order valence-electron chi connectivity index (χ0n) is 9.76. The van der Waals surface area contributed by atoms with Gasteiger partial charge in [-0.15, -0.1) is 0 Å². The van der Waals surface area contributed by atoms with Gasteiger partial charge in [0.05, 0.1) is 20.1 Å². The van der Waals surface area contributed by atoms with E-state index in [0.717, 1.165) is 19.1 Å². The maximum absolute atomic E-state index is 11.7. The van der Waals surface area contributed by atoms with Crippen LogP contribution in [0.2, 0.25) is 0 Å². The Morgan fingerprint density at radius 1 is 1.24 bits per heavy atom. The standard InChI is InChI=1S/C10H13NO6/c1-11-6(12)4-5(8(11)13)7(9(14)16-2)10(15)17-3/h5,7H,4H2,1-3H3/t5-/m0/s1. The van der Waals surface area contributed by atoms with E-state index < -0.39 is 35.6 Å². The van der Waals surface area contributed by atoms with E-state index in [9.17, 15) is 19.2 Å². The molecule has 1 rings (SSSR count). The summed E-state index contributed by atoms with van der Waals surface area (Å²) in [5.74, 6) is -5.18. The van der Waals surface area contributed by atoms with Crippen LogP contribution in [0.25, 0.3) is 0 Å². The molecular weight excluding hydrogens is 230 g/mol. The molecule has 0 unspecified atom stereocenters. The second-order valence-electron chi connectivity index (χ2n) is 3.63. The number of amides is 2. The number of likely N-dealkylation sites (tertiary alicyclic amines) is 1. The first-order valence-corrected chi connectivity index (χ1v) is 4.90. The Labute approximate surface area is 97.7 Å². The Balaban J connectivity index is 3.00. The topological polar surface area (TPSA) is 90.0 Å². The van der Waals surface area contributed by atoms with E-state index in [1.807, 2.05) is 0 Å². The van der Waals surface area contributed by atoms with Crippen LogP contribution in [0.4, 0.5) is 0 Å². The molecule has 17 heavy (non-hydrogen) atoms. The van der Waals surface area contributed by atoms with E-state index in [-0.39, 0.29) is 6.42 Å². The largest absolute Gasteiger partial charge is 0.468 e. The minimum absolute atomic E-state index is 0.190. The fraction of sp³-hybridized carbons (Fsp3) is 0.600. The molecule has 1 saturated heterocycles. The van der Waals surface area contributed by atoms with Crippen LogP contribution in [0, 0.1) is 11.8 Å². The van der Waals surface area contributed by atoms with Crippen molar-refractivity contribution < 1.29 is 28.7 Å². The third-order valence-corrected chi connectivity index (χ3v) is 2.73. The van der Waals surface area contributed by atoms with Crippen LogP contribution in [-0.2, 0) is 28.7 Å². The van der Waals surface area contributed by atoms with Crippen molar-refractivity contribution in [1.29, 1.82) is 0 Å². The molecule has 0 spiro atoms. The Hall–Kier alpha value is -1.92. The van der Waals surface area contributed by atoms with Gasteiger partial charge >= 0.3 is 11.9 Å². The fourth-order valence-electron chi connectivity index (χ4n) is 1.72. The lowest BCUT2D eigenvalue weighted by molar-refractivity contribution is -0.164. The summed E-state index contributed by atoms with van der Waals surface area (Å²) in [6.45, 7) is 0. The normalized spacial score (nSPS) is 19.8. The SMILES string of the molecule is COC(=O)C(C(=O)OC)[C@@H]1CC(=O)N(C)C1=O. The number of rotatable bonds is 3. The molecular formula is C10H13NO6. The molecule has 0 saturated carbocycles. The van der Waals surface area contributed by atoms with Crippen LogP contribution in [0.5, 0.6) is 0 Å². The van der Waals surface area contributed by atoms with Crippen molar-refractivity contribution in [2.75, 3.05) is 21.3 Å². The van der Waals surface area contributed by atoms with E-state index in [4.69, 9.17) is 0 Å². The molecule has 1 aliphatic rings. The number of esters is 2. The summed E-state index contributed by atoms with van der Waals surface area (Å²) in [5, 5.41) is 0. The number of imide groups is 1. The highest BCUT2D eigenvalue weighted by molar-refractivity contribution is 6.08. The van der Waals surface area contributed by atoms with Crippen LogP contribution < -0.4 is 0 Å². The molecule has 94 valence electrons. The molecule has 2 amide bonds. The molecule has 0 aromatic heterocycles. The maximum Gasteiger partial charge on any atom is 0.320 e. The molecule has 1 fully saturated rings. The molecule has 0 aromatic rings. The van der Waals surface area contributed by atoms with Gasteiger partial charge in [-0.25, -0.2) is 0 Å². The minimum atomic E-state index is -1.38. The second kappa shape index (κ2) is 4.94. The van der Waals surface area contributed by atoms with Gasteiger partial charge in [-0.3, -0.25) is 24.1 Å². The molecule has 1 aliphatic heterocycles. The average molecular weight is 243 g/mol. The fourth-order valence-corrected chi connectivity index (χ4v) is 1.72. The minimum Gasteiger partial charge on any atom is -0.468 e. The molecule has 1 heterocycles. The molecule has 0 N–H and O–H groups in total. The number of nitrogens with zero attached hydrogens (tertiary/aromatic N) is 1. The smallest absolute Gasteiger partial charge is 0.320 e. The highest BCUT2D eigenvalue weighted by atomic mass is 16.5. The van der Waals surface area contributed by atoms with E-state index in [0.29, 0.717) is 0 Å². The van der Waals surface area contributed by atoms with Gasteiger partial charge in [-0.2, -0.15) is 0 Å². The third-order valence-electron chi connectivity index (χ3n) is 2.73. The molecule has 0 radical (unpaired) electrons. The Morgan fingerprint density at radius 3 is 2.00 bits per heavy atom. The first kappa shape index (κ1) is 13.1. The van der Waals surface area contributed by atoms with Crippen molar-refractivity contribution in [3.8, 4) is 0 Å². The van der Waals surface area contributed by atoms with Crippen molar-refractivity contribution in [2.24, 2.45) is 11.8 Å². The van der Waals surface area contributed by atoms with Crippen molar-refractivity contribution in [3.63, 3.8) is 0 Å². The highest BCUT2D eigenvalue weighted by Gasteiger charge is 2.48. The van der Waals surface area contributed by atoms with Crippen LogP contribution in [0.15, 0.2) is 0 Å². The first-order chi connectivity index (χ1) is 7.93. The zero-order chi connectivity index (χ0) is 13.2. The number of carbonyl (C=O) groups excluding carboxylic acids is 4. The third kappa shape index (κ3) is 2.27. The van der Waals surface area contributed by atoms with E-state index in [2.05, 4.69) is 9.47 Å². The molecule has 7 nitrogen and oxygen atoms in total. The summed E-state index contributed by atoms with van der Waals surface area (Å²) in [6.07, 6.45) is -0.190. The summed E-state index contributed by atoms with van der Waals surface area (Å²) in [5.41, 5.74) is 0. The first-order valence-electron chi connectivity index (χ1n) is 4.90. The van der Waals surface area contributed by atoms with Gasteiger partial charge in [0.25, 0.3) is 0 Å². The lowest BCUT2D eigenvalue weighted by Gasteiger charge is -2.16. The van der Waals surface area contributed by atoms with Crippen LogP contribution >= 0.6 is 0 Å². The van der Waals surface area contributed by atoms with Crippen molar-refractivity contribution in [3.05, 3.63) is 0 Å². The van der Waals surface area contributed by atoms with E-state index in [1.165, 1.54) is 7.05 Å². The van der Waals surface area contributed by atoms with E-state index in [1.54, 1.807) is 0 Å². The molecule has 1 atom stereocenters. The second-order valence-corrected chi connectivity index (χ2v) is 3.63. The average Bonchev–Trinajstić information content (AvgIpc) is 2.57. The summed E-state index contributed by atoms with van der Waals surface area (Å²) in [4.78, 5) is 46.8. The van der Waals surface area contributed by atoms with Gasteiger partial charge in [-0.1, -0.05) is 0 Å². The van der Waals surface area contributed by atoms with Gasteiger partial charge in [0.1, 0.15) is 0 Å². The lowest BCUT2D eigenvalue weighted by Crippen LogP contribution is -2.37. The van der Waals surface area contributed by atoms with Crippen molar-refractivity contribution >= 4 is 23.8 Å². The number of hydrogen-bond donors (Lipinski definition) is 0. The van der Waals surface area contributed by atoms with E-state index >= 15 is 0 Å². The quantitative estimate of drug-likeness (QED) is 0.357. The van der Waals surface area contributed by atoms with Crippen LogP contribution in [0.3, 0.4) is 0 Å². The molecule has 0 bridgehead atoms. The van der Waals surface area contributed by atoms with Crippen molar-refractivity contribution in [2.45, 2.75) is 6.42 Å². The molecule has 0 aromatic carbocycles. The van der Waals surface area contributed by atoms with Gasteiger partial charge in [0.2, 0.25) is 11.8 Å². The Bertz CT molecular complexity index is 361. The van der Waals surface area contributed by atoms with Gasteiger partial charge in [0.15, 0.2) is 5.92 Å². The number of ether oxygens (including phenoxy) is 2. The summed E-state index contributed by atoms with van der Waals surface area (Å²) < 4.78 is 8.89. The summed E-state index contributed by atoms with van der Waals surface area (Å²) in [6, 6.07) is 0. The number of methoxy groups -OCH3 is 2. The Morgan fingerprint density at radius 2 is 1.71 bits per heavy atom.